The molecule has 0 bridgehead atoms. The second-order valence-corrected chi connectivity index (χ2v) is 18.5. The van der Waals surface area contributed by atoms with Crippen LogP contribution in [0.25, 0.3) is 114 Å². The van der Waals surface area contributed by atoms with E-state index in [1.807, 2.05) is 12.1 Å². The maximum atomic E-state index is 6.39. The molecule has 0 saturated heterocycles. The minimum atomic E-state index is -0.420. The van der Waals surface area contributed by atoms with Gasteiger partial charge in [-0.25, -0.2) is 9.98 Å². The molecule has 5 heteroatoms. The number of para-hydroxylation sites is 2. The summed E-state index contributed by atoms with van der Waals surface area (Å²) in [5.41, 5.74) is 10.2. The molecule has 1 aliphatic heterocycles. The Morgan fingerprint density at radius 3 is 1.80 bits per heavy atom. The molecule has 0 spiro atoms. The molecular formula is C65H40N4O. The fraction of sp³-hybridized carbons (Fsp3) is 0.0154. The average molecular weight is 893 g/mol. The number of fused-ring (bicyclic) bond motifs is 14. The van der Waals surface area contributed by atoms with Crippen LogP contribution in [0.15, 0.2) is 245 Å². The van der Waals surface area contributed by atoms with Crippen LogP contribution in [0.1, 0.15) is 22.9 Å². The first-order valence-corrected chi connectivity index (χ1v) is 23.9. The molecule has 0 radical (unpaired) electrons. The van der Waals surface area contributed by atoms with Gasteiger partial charge in [-0.05, 0) is 120 Å². The number of furan rings is 1. The summed E-state index contributed by atoms with van der Waals surface area (Å²) in [5.74, 6) is 1.44. The van der Waals surface area contributed by atoms with Crippen molar-refractivity contribution in [3.63, 3.8) is 0 Å². The zero-order chi connectivity index (χ0) is 45.9. The zero-order valence-corrected chi connectivity index (χ0v) is 37.8. The summed E-state index contributed by atoms with van der Waals surface area (Å²) in [5, 5.41) is 20.4. The summed E-state index contributed by atoms with van der Waals surface area (Å²) in [6.45, 7) is 0. The number of hydrogen-bond donors (Lipinski definition) is 1. The molecular weight excluding hydrogens is 853 g/mol. The van der Waals surface area contributed by atoms with Crippen LogP contribution < -0.4 is 5.32 Å². The van der Waals surface area contributed by atoms with Crippen molar-refractivity contribution < 1.29 is 4.42 Å². The highest BCUT2D eigenvalue weighted by Gasteiger charge is 2.26. The van der Waals surface area contributed by atoms with Gasteiger partial charge in [0, 0.05) is 43.6 Å². The Morgan fingerprint density at radius 2 is 1.00 bits per heavy atom. The molecule has 1 unspecified atom stereocenters. The summed E-state index contributed by atoms with van der Waals surface area (Å²) in [6, 6.07) is 83.0. The largest absolute Gasteiger partial charge is 0.456 e. The number of rotatable bonds is 5. The van der Waals surface area contributed by atoms with Crippen LogP contribution in [0.3, 0.4) is 0 Å². The molecule has 12 aromatic carbocycles. The third-order valence-corrected chi connectivity index (χ3v) is 14.6. The molecule has 1 atom stereocenters. The third-order valence-electron chi connectivity index (χ3n) is 14.6. The van der Waals surface area contributed by atoms with Gasteiger partial charge in [0.25, 0.3) is 0 Å². The highest BCUT2D eigenvalue weighted by atomic mass is 16.3. The molecule has 0 amide bonds. The fourth-order valence-corrected chi connectivity index (χ4v) is 11.3. The van der Waals surface area contributed by atoms with E-state index in [0.29, 0.717) is 5.84 Å². The summed E-state index contributed by atoms with van der Waals surface area (Å²) in [7, 11) is 0. The second kappa shape index (κ2) is 15.1. The van der Waals surface area contributed by atoms with Gasteiger partial charge in [-0.3, -0.25) is 0 Å². The van der Waals surface area contributed by atoms with Gasteiger partial charge in [0.05, 0.1) is 16.7 Å². The fourth-order valence-electron chi connectivity index (χ4n) is 11.3. The first-order valence-electron chi connectivity index (χ1n) is 23.9. The number of aliphatic imine (C=N–C) groups is 2. The molecule has 0 saturated carbocycles. The van der Waals surface area contributed by atoms with E-state index in [9.17, 15) is 0 Å². The van der Waals surface area contributed by atoms with E-state index in [1.54, 1.807) is 0 Å². The smallest absolute Gasteiger partial charge is 0.159 e. The molecule has 0 aliphatic carbocycles. The van der Waals surface area contributed by atoms with Crippen LogP contribution in [0.2, 0.25) is 0 Å². The Bertz CT molecular complexity index is 4550. The summed E-state index contributed by atoms with van der Waals surface area (Å²) >= 11 is 0. The van der Waals surface area contributed by atoms with E-state index >= 15 is 0 Å². The van der Waals surface area contributed by atoms with E-state index < -0.39 is 6.17 Å². The molecule has 3 heterocycles. The van der Waals surface area contributed by atoms with Crippen LogP contribution in [0.4, 0.5) is 0 Å². The SMILES string of the molecule is c1ccc2cc(C3N=C(c4ccc(-n5c6ccccc6c6cc7ccccc7cc65)c(-c5ccc6oc7ccccc7c6c5)c4)N=C(c4cccc5c6ccccc6c6ccccc6c45)N3)ccc2c1. The molecule has 14 aromatic rings. The van der Waals surface area contributed by atoms with Gasteiger partial charge < -0.3 is 14.3 Å². The molecule has 5 nitrogen and oxygen atoms in total. The van der Waals surface area contributed by atoms with Crippen molar-refractivity contribution in [1.29, 1.82) is 0 Å². The van der Waals surface area contributed by atoms with Crippen LogP contribution >= 0.6 is 0 Å². The van der Waals surface area contributed by atoms with Crippen molar-refractivity contribution in [3.8, 4) is 16.8 Å². The minimum Gasteiger partial charge on any atom is -0.456 e. The van der Waals surface area contributed by atoms with Crippen LogP contribution in [0, 0.1) is 0 Å². The standard InChI is InChI=1S/C65H40N4O/c1-2-15-40-34-44(29-28-39(40)14-1)63-66-64(68-65(67-63)53-25-13-24-52-48-19-6-5-18-46(48)47-20-7-8-23-51(47)62(52)53)45-30-32-58(54(37-45)43-31-33-61-56(36-43)50-22-10-12-27-60(50)70-61)69-57-26-11-9-21-49(57)55-35-41-16-3-4-17-42(41)38-59(55)69/h1-38,63H,(H,66,67,68). The quantitative estimate of drug-likeness (QED) is 0.175. The van der Waals surface area contributed by atoms with Crippen molar-refractivity contribution in [3.05, 3.63) is 247 Å². The monoisotopic (exact) mass is 892 g/mol. The van der Waals surface area contributed by atoms with Gasteiger partial charge >= 0.3 is 0 Å². The summed E-state index contributed by atoms with van der Waals surface area (Å²) in [6.07, 6.45) is -0.420. The Balaban J connectivity index is 0.998. The number of nitrogens with one attached hydrogen (secondary N) is 1. The number of nitrogens with zero attached hydrogens (tertiary/aromatic N) is 3. The Hall–Kier alpha value is -9.32. The summed E-state index contributed by atoms with van der Waals surface area (Å²) < 4.78 is 8.83. The normalized spacial score (nSPS) is 14.1. The van der Waals surface area contributed by atoms with E-state index in [-0.39, 0.29) is 0 Å². The Kier molecular flexibility index (Phi) is 8.36. The number of hydrogen-bond acceptors (Lipinski definition) is 4. The lowest BCUT2D eigenvalue weighted by molar-refractivity contribution is 0.669. The molecule has 1 aliphatic rings. The van der Waals surface area contributed by atoms with Gasteiger partial charge in [-0.2, -0.15) is 0 Å². The molecule has 70 heavy (non-hydrogen) atoms. The summed E-state index contributed by atoms with van der Waals surface area (Å²) in [4.78, 5) is 11.1. The van der Waals surface area contributed by atoms with Crippen LogP contribution in [0.5, 0.6) is 0 Å². The first-order chi connectivity index (χ1) is 34.7. The van der Waals surface area contributed by atoms with E-state index in [0.717, 1.165) is 83.1 Å². The predicted molar refractivity (Wildman–Crippen MR) is 293 cm³/mol. The highest BCUT2D eigenvalue weighted by molar-refractivity contribution is 6.31. The highest BCUT2D eigenvalue weighted by Crippen LogP contribution is 2.42. The lowest BCUT2D eigenvalue weighted by Gasteiger charge is -2.25. The molecule has 1 N–H and O–H groups in total. The number of aromatic nitrogens is 1. The minimum absolute atomic E-state index is 0.420. The lowest BCUT2D eigenvalue weighted by atomic mass is 9.91. The molecule has 0 fully saturated rings. The van der Waals surface area contributed by atoms with Gasteiger partial charge in [0.2, 0.25) is 0 Å². The number of amidine groups is 2. The van der Waals surface area contributed by atoms with E-state index in [2.05, 4.69) is 228 Å². The van der Waals surface area contributed by atoms with Crippen molar-refractivity contribution in [2.24, 2.45) is 9.98 Å². The third kappa shape index (κ3) is 5.91. The van der Waals surface area contributed by atoms with Crippen molar-refractivity contribution >= 4 is 109 Å². The zero-order valence-electron chi connectivity index (χ0n) is 37.8. The van der Waals surface area contributed by atoms with Gasteiger partial charge in [-0.1, -0.05) is 170 Å². The van der Waals surface area contributed by atoms with E-state index in [1.165, 1.54) is 53.9 Å². The lowest BCUT2D eigenvalue weighted by Crippen LogP contribution is -2.33. The molecule has 15 rings (SSSR count). The van der Waals surface area contributed by atoms with E-state index in [4.69, 9.17) is 14.4 Å². The molecule has 326 valence electrons. The number of benzene rings is 12. The molecule has 2 aromatic heterocycles. The van der Waals surface area contributed by atoms with Gasteiger partial charge in [-0.15, -0.1) is 0 Å². The van der Waals surface area contributed by atoms with Gasteiger partial charge in [0.15, 0.2) is 5.84 Å². The van der Waals surface area contributed by atoms with Crippen molar-refractivity contribution in [2.75, 3.05) is 0 Å². The predicted octanol–water partition coefficient (Wildman–Crippen LogP) is 16.6. The van der Waals surface area contributed by atoms with Gasteiger partial charge in [0.1, 0.15) is 23.2 Å². The van der Waals surface area contributed by atoms with Crippen molar-refractivity contribution in [2.45, 2.75) is 6.17 Å². The van der Waals surface area contributed by atoms with Crippen LogP contribution in [-0.4, -0.2) is 16.2 Å². The Labute approximate surface area is 401 Å². The maximum absolute atomic E-state index is 6.39. The first kappa shape index (κ1) is 38.8. The second-order valence-electron chi connectivity index (χ2n) is 18.5. The Morgan fingerprint density at radius 1 is 0.386 bits per heavy atom. The van der Waals surface area contributed by atoms with Crippen molar-refractivity contribution in [1.82, 2.24) is 9.88 Å². The maximum Gasteiger partial charge on any atom is 0.159 e. The topological polar surface area (TPSA) is 54.8 Å². The average Bonchev–Trinajstić information content (AvgIpc) is 3.96. The van der Waals surface area contributed by atoms with Crippen LogP contribution in [-0.2, 0) is 0 Å².